The molecule has 7 heteroatoms. The van der Waals surface area contributed by atoms with Gasteiger partial charge in [0, 0.05) is 17.7 Å². The number of hydrogen-bond donors (Lipinski definition) is 0. The summed E-state index contributed by atoms with van der Waals surface area (Å²) in [6, 6.07) is 10.5. The summed E-state index contributed by atoms with van der Waals surface area (Å²) in [6.07, 6.45) is 5.52. The van der Waals surface area contributed by atoms with Gasteiger partial charge in [0.25, 0.3) is 5.91 Å². The van der Waals surface area contributed by atoms with Crippen LogP contribution in [0.4, 0.5) is 0 Å². The van der Waals surface area contributed by atoms with E-state index in [9.17, 15) is 4.79 Å². The van der Waals surface area contributed by atoms with Crippen molar-refractivity contribution in [3.05, 3.63) is 46.8 Å². The van der Waals surface area contributed by atoms with Gasteiger partial charge in [-0.15, -0.1) is 6.42 Å². The number of aromatic nitrogens is 1. The van der Waals surface area contributed by atoms with Crippen LogP contribution in [0, 0.1) is 12.3 Å². The molecule has 27 heavy (non-hydrogen) atoms. The van der Waals surface area contributed by atoms with Crippen LogP contribution in [0.1, 0.15) is 10.4 Å². The Bertz CT molecular complexity index is 1110. The lowest BCUT2D eigenvalue weighted by atomic mass is 10.2. The fourth-order valence-electron chi connectivity index (χ4n) is 2.63. The van der Waals surface area contributed by atoms with E-state index in [1.54, 1.807) is 50.2 Å². The van der Waals surface area contributed by atoms with Gasteiger partial charge in [-0.3, -0.25) is 4.79 Å². The third kappa shape index (κ3) is 3.66. The van der Waals surface area contributed by atoms with Crippen molar-refractivity contribution in [2.24, 2.45) is 4.99 Å². The van der Waals surface area contributed by atoms with Gasteiger partial charge in [0.1, 0.15) is 5.75 Å². The first-order valence-corrected chi connectivity index (χ1v) is 8.84. The van der Waals surface area contributed by atoms with E-state index in [1.807, 2.05) is 12.1 Å². The topological polar surface area (TPSA) is 62.1 Å². The second-order valence-corrected chi connectivity index (χ2v) is 6.51. The molecule has 0 N–H and O–H groups in total. The number of hydrogen-bond acceptors (Lipinski definition) is 5. The van der Waals surface area contributed by atoms with Crippen LogP contribution in [0.15, 0.2) is 41.4 Å². The first-order chi connectivity index (χ1) is 13.1. The molecule has 0 aliphatic heterocycles. The highest BCUT2D eigenvalue weighted by Crippen LogP contribution is 2.33. The molecule has 0 aliphatic rings. The van der Waals surface area contributed by atoms with Crippen LogP contribution in [0.25, 0.3) is 10.2 Å². The molecule has 6 nitrogen and oxygen atoms in total. The van der Waals surface area contributed by atoms with Gasteiger partial charge in [-0.05, 0) is 18.2 Å². The largest absolute Gasteiger partial charge is 0.497 e. The van der Waals surface area contributed by atoms with Gasteiger partial charge >= 0.3 is 0 Å². The Morgan fingerprint density at radius 1 is 1.15 bits per heavy atom. The van der Waals surface area contributed by atoms with Crippen LogP contribution in [-0.2, 0) is 6.54 Å². The average molecular weight is 382 g/mol. The van der Waals surface area contributed by atoms with Crippen molar-refractivity contribution in [2.45, 2.75) is 6.54 Å². The maximum atomic E-state index is 12.6. The van der Waals surface area contributed by atoms with Crippen molar-refractivity contribution in [3.8, 4) is 29.6 Å². The molecular formula is C20H18N2O4S. The van der Waals surface area contributed by atoms with E-state index in [1.165, 1.54) is 11.3 Å². The number of methoxy groups -OCH3 is 3. The normalized spacial score (nSPS) is 11.3. The van der Waals surface area contributed by atoms with Gasteiger partial charge < -0.3 is 18.8 Å². The molecule has 1 heterocycles. The fraction of sp³-hybridized carbons (Fsp3) is 0.200. The Morgan fingerprint density at radius 2 is 1.89 bits per heavy atom. The SMILES string of the molecule is C#CCn1c(=NC(=O)c2cccc(OC)c2)sc2cc(OC)c(OC)cc21. The van der Waals surface area contributed by atoms with E-state index >= 15 is 0 Å². The van der Waals surface area contributed by atoms with Crippen molar-refractivity contribution in [2.75, 3.05) is 21.3 Å². The summed E-state index contributed by atoms with van der Waals surface area (Å²) in [5, 5.41) is 0. The van der Waals surface area contributed by atoms with E-state index in [4.69, 9.17) is 20.6 Å². The van der Waals surface area contributed by atoms with Crippen molar-refractivity contribution in [1.29, 1.82) is 0 Å². The lowest BCUT2D eigenvalue weighted by Crippen LogP contribution is -2.16. The quantitative estimate of drug-likeness (QED) is 0.636. The smallest absolute Gasteiger partial charge is 0.279 e. The van der Waals surface area contributed by atoms with Gasteiger partial charge in [-0.25, -0.2) is 0 Å². The number of fused-ring (bicyclic) bond motifs is 1. The maximum Gasteiger partial charge on any atom is 0.279 e. The summed E-state index contributed by atoms with van der Waals surface area (Å²) in [6.45, 7) is 0.277. The molecule has 0 aliphatic carbocycles. The molecule has 3 rings (SSSR count). The van der Waals surface area contributed by atoms with E-state index in [2.05, 4.69) is 10.9 Å². The zero-order chi connectivity index (χ0) is 19.4. The number of thiazole rings is 1. The Hall–Kier alpha value is -3.24. The predicted molar refractivity (Wildman–Crippen MR) is 105 cm³/mol. The number of terminal acetylenes is 1. The van der Waals surface area contributed by atoms with Crippen molar-refractivity contribution in [3.63, 3.8) is 0 Å². The number of benzene rings is 2. The fourth-order valence-corrected chi connectivity index (χ4v) is 3.67. The third-order valence-electron chi connectivity index (χ3n) is 3.95. The lowest BCUT2D eigenvalue weighted by molar-refractivity contribution is 0.0997. The minimum atomic E-state index is -0.370. The summed E-state index contributed by atoms with van der Waals surface area (Å²) in [5.41, 5.74) is 1.27. The Morgan fingerprint density at radius 3 is 2.56 bits per heavy atom. The van der Waals surface area contributed by atoms with Gasteiger partial charge in [0.2, 0.25) is 0 Å². The molecule has 0 saturated carbocycles. The van der Waals surface area contributed by atoms with Gasteiger partial charge in [0.15, 0.2) is 16.3 Å². The average Bonchev–Trinajstić information content (AvgIpc) is 3.03. The zero-order valence-electron chi connectivity index (χ0n) is 15.2. The molecule has 0 spiro atoms. The molecule has 138 valence electrons. The second kappa shape index (κ2) is 7.98. The second-order valence-electron chi connectivity index (χ2n) is 5.50. The van der Waals surface area contributed by atoms with Gasteiger partial charge in [-0.2, -0.15) is 4.99 Å². The molecule has 0 bridgehead atoms. The predicted octanol–water partition coefficient (Wildman–Crippen LogP) is 3.10. The molecule has 3 aromatic rings. The number of carbonyl (C=O) groups excluding carboxylic acids is 1. The number of amides is 1. The van der Waals surface area contributed by atoms with Gasteiger partial charge in [0.05, 0.1) is 38.1 Å². The summed E-state index contributed by atoms with van der Waals surface area (Å²) < 4.78 is 18.6. The number of nitrogens with zero attached hydrogens (tertiary/aromatic N) is 2. The van der Waals surface area contributed by atoms with Crippen LogP contribution >= 0.6 is 11.3 Å². The minimum Gasteiger partial charge on any atom is -0.497 e. The van der Waals surface area contributed by atoms with Crippen LogP contribution in [0.5, 0.6) is 17.2 Å². The molecule has 0 atom stereocenters. The molecular weight excluding hydrogens is 364 g/mol. The molecule has 1 aromatic heterocycles. The Balaban J connectivity index is 2.17. The number of carbonyl (C=O) groups is 1. The van der Waals surface area contributed by atoms with Crippen molar-refractivity contribution in [1.82, 2.24) is 4.57 Å². The molecule has 2 aromatic carbocycles. The summed E-state index contributed by atoms with van der Waals surface area (Å²) in [4.78, 5) is 17.4. The monoisotopic (exact) mass is 382 g/mol. The van der Waals surface area contributed by atoms with Crippen molar-refractivity contribution >= 4 is 27.5 Å². The highest BCUT2D eigenvalue weighted by atomic mass is 32.1. The number of ether oxygens (including phenoxy) is 3. The van der Waals surface area contributed by atoms with Crippen LogP contribution in [0.3, 0.4) is 0 Å². The van der Waals surface area contributed by atoms with E-state index < -0.39 is 0 Å². The Kier molecular flexibility index (Phi) is 5.48. The summed E-state index contributed by atoms with van der Waals surface area (Å²) in [5.74, 6) is 4.02. The van der Waals surface area contributed by atoms with E-state index in [-0.39, 0.29) is 12.5 Å². The maximum absolute atomic E-state index is 12.6. The van der Waals surface area contributed by atoms with Crippen LogP contribution in [0.2, 0.25) is 0 Å². The minimum absolute atomic E-state index is 0.277. The van der Waals surface area contributed by atoms with Crippen molar-refractivity contribution < 1.29 is 19.0 Å². The molecule has 0 radical (unpaired) electrons. The standard InChI is InChI=1S/C20H18N2O4S/c1-5-9-22-15-11-16(25-3)17(26-4)12-18(15)27-20(22)21-19(23)13-7-6-8-14(10-13)24-2/h1,6-8,10-12H,9H2,2-4H3. The molecule has 0 fully saturated rings. The summed E-state index contributed by atoms with van der Waals surface area (Å²) in [7, 11) is 4.69. The first kappa shape index (κ1) is 18.5. The third-order valence-corrected chi connectivity index (χ3v) is 4.99. The van der Waals surface area contributed by atoms with Crippen LogP contribution in [-0.4, -0.2) is 31.8 Å². The van der Waals surface area contributed by atoms with Crippen LogP contribution < -0.4 is 19.0 Å². The molecule has 0 saturated heterocycles. The number of rotatable bonds is 5. The molecule has 0 unspecified atom stereocenters. The van der Waals surface area contributed by atoms with E-state index in [0.29, 0.717) is 27.6 Å². The molecule has 1 amide bonds. The summed E-state index contributed by atoms with van der Waals surface area (Å²) >= 11 is 1.36. The van der Waals surface area contributed by atoms with E-state index in [0.717, 1.165) is 10.2 Å². The highest BCUT2D eigenvalue weighted by molar-refractivity contribution is 7.16. The first-order valence-electron chi connectivity index (χ1n) is 8.03. The van der Waals surface area contributed by atoms with Gasteiger partial charge in [-0.1, -0.05) is 23.3 Å². The highest BCUT2D eigenvalue weighted by Gasteiger charge is 2.13. The lowest BCUT2D eigenvalue weighted by Gasteiger charge is -2.08. The Labute approximate surface area is 160 Å². The zero-order valence-corrected chi connectivity index (χ0v) is 16.0.